The summed E-state index contributed by atoms with van der Waals surface area (Å²) in [5.74, 6) is 1.38. The van der Waals surface area contributed by atoms with E-state index in [-0.39, 0.29) is 17.1 Å². The first kappa shape index (κ1) is 18.6. The Kier molecular flexibility index (Phi) is 4.82. The maximum atomic E-state index is 12.5. The second kappa shape index (κ2) is 7.00. The van der Waals surface area contributed by atoms with Crippen LogP contribution in [0, 0.1) is 5.41 Å². The maximum Gasteiger partial charge on any atom is 0.214 e. The van der Waals surface area contributed by atoms with Crippen LogP contribution in [0.15, 0.2) is 36.7 Å². The predicted octanol–water partition coefficient (Wildman–Crippen LogP) is 1.46. The van der Waals surface area contributed by atoms with Crippen molar-refractivity contribution in [2.45, 2.75) is 25.8 Å². The van der Waals surface area contributed by atoms with E-state index >= 15 is 0 Å². The molecule has 7 nitrogen and oxygen atoms in total. The zero-order valence-electron chi connectivity index (χ0n) is 16.0. The van der Waals surface area contributed by atoms with Crippen molar-refractivity contribution in [3.05, 3.63) is 48.0 Å². The van der Waals surface area contributed by atoms with Crippen LogP contribution in [-0.2, 0) is 23.6 Å². The third-order valence-corrected chi connectivity index (χ3v) is 7.83. The fourth-order valence-electron chi connectivity index (χ4n) is 4.56. The quantitative estimate of drug-likeness (QED) is 0.748. The molecule has 0 saturated carbocycles. The molecule has 146 valence electrons. The second-order valence-electron chi connectivity index (χ2n) is 7.95. The summed E-state index contributed by atoms with van der Waals surface area (Å²) in [6, 6.07) is 10.4. The molecule has 2 aromatic rings. The summed E-state index contributed by atoms with van der Waals surface area (Å²) >= 11 is 0. The van der Waals surface area contributed by atoms with Crippen LogP contribution < -0.4 is 0 Å². The minimum absolute atomic E-state index is 0.0730. The van der Waals surface area contributed by atoms with Crippen molar-refractivity contribution >= 4 is 10.0 Å². The van der Waals surface area contributed by atoms with Gasteiger partial charge in [-0.15, -0.1) is 10.2 Å². The van der Waals surface area contributed by atoms with Gasteiger partial charge < -0.3 is 4.57 Å². The monoisotopic (exact) mass is 389 g/mol. The summed E-state index contributed by atoms with van der Waals surface area (Å²) in [7, 11) is -1.18. The Morgan fingerprint density at radius 3 is 2.56 bits per heavy atom. The van der Waals surface area contributed by atoms with Gasteiger partial charge in [0.2, 0.25) is 10.0 Å². The minimum atomic E-state index is -3.14. The highest BCUT2D eigenvalue weighted by molar-refractivity contribution is 7.89. The number of likely N-dealkylation sites (tertiary alicyclic amines) is 1. The molecule has 1 unspecified atom stereocenters. The molecule has 27 heavy (non-hydrogen) atoms. The molecular formula is C19H27N5O2S. The third kappa shape index (κ3) is 3.41. The fourth-order valence-corrected chi connectivity index (χ4v) is 6.24. The van der Waals surface area contributed by atoms with Gasteiger partial charge in [0.05, 0.1) is 5.75 Å². The van der Waals surface area contributed by atoms with E-state index in [1.165, 1.54) is 5.56 Å². The van der Waals surface area contributed by atoms with E-state index in [0.29, 0.717) is 19.5 Å². The van der Waals surface area contributed by atoms with Gasteiger partial charge in [-0.3, -0.25) is 4.90 Å². The Bertz CT molecular complexity index is 890. The topological polar surface area (TPSA) is 71.3 Å². The molecule has 3 heterocycles. The molecular weight excluding hydrogens is 362 g/mol. The molecule has 2 aliphatic heterocycles. The number of sulfonamides is 1. The van der Waals surface area contributed by atoms with Crippen LogP contribution in [0.2, 0.25) is 0 Å². The van der Waals surface area contributed by atoms with E-state index in [2.05, 4.69) is 39.4 Å². The summed E-state index contributed by atoms with van der Waals surface area (Å²) in [6.07, 6.45) is 2.38. The van der Waals surface area contributed by atoms with Crippen molar-refractivity contribution in [1.82, 2.24) is 24.0 Å². The van der Waals surface area contributed by atoms with Gasteiger partial charge in [-0.2, -0.15) is 0 Å². The Hall–Kier alpha value is -1.77. The van der Waals surface area contributed by atoms with Crippen molar-refractivity contribution < 1.29 is 8.42 Å². The average molecular weight is 390 g/mol. The molecule has 1 aromatic carbocycles. The molecule has 2 fully saturated rings. The zero-order chi connectivity index (χ0) is 19.1. The summed E-state index contributed by atoms with van der Waals surface area (Å²) in [5.41, 5.74) is 1.21. The van der Waals surface area contributed by atoms with Gasteiger partial charge in [0.1, 0.15) is 12.2 Å². The lowest BCUT2D eigenvalue weighted by Gasteiger charge is -2.49. The van der Waals surface area contributed by atoms with Crippen LogP contribution in [0.1, 0.15) is 30.7 Å². The largest absolute Gasteiger partial charge is 0.320 e. The normalized spacial score (nSPS) is 23.0. The molecule has 0 aliphatic carbocycles. The molecule has 0 N–H and O–H groups in total. The van der Waals surface area contributed by atoms with Gasteiger partial charge >= 0.3 is 0 Å². The Morgan fingerprint density at radius 2 is 1.93 bits per heavy atom. The first-order valence-corrected chi connectivity index (χ1v) is 11.1. The number of rotatable bonds is 6. The Balaban J connectivity index is 1.56. The van der Waals surface area contributed by atoms with Crippen molar-refractivity contribution in [1.29, 1.82) is 0 Å². The van der Waals surface area contributed by atoms with E-state index in [1.54, 1.807) is 10.6 Å². The smallest absolute Gasteiger partial charge is 0.214 e. The van der Waals surface area contributed by atoms with Crippen molar-refractivity contribution in [2.24, 2.45) is 12.5 Å². The van der Waals surface area contributed by atoms with Gasteiger partial charge in [0.15, 0.2) is 0 Å². The van der Waals surface area contributed by atoms with Crippen LogP contribution >= 0.6 is 0 Å². The molecule has 4 rings (SSSR count). The summed E-state index contributed by atoms with van der Waals surface area (Å²) in [5, 5.41) is 8.42. The van der Waals surface area contributed by atoms with Crippen LogP contribution in [0.5, 0.6) is 0 Å². The Labute approximate surface area is 161 Å². The maximum absolute atomic E-state index is 12.5. The van der Waals surface area contributed by atoms with Crippen molar-refractivity contribution in [3.8, 4) is 0 Å². The van der Waals surface area contributed by atoms with Crippen LogP contribution in [0.3, 0.4) is 0 Å². The average Bonchev–Trinajstić information content (AvgIpc) is 3.17. The highest BCUT2D eigenvalue weighted by Gasteiger charge is 2.58. The Morgan fingerprint density at radius 1 is 1.19 bits per heavy atom. The molecule has 0 radical (unpaired) electrons. The number of benzene rings is 1. The molecule has 1 spiro atoms. The number of aromatic nitrogens is 3. The lowest BCUT2D eigenvalue weighted by molar-refractivity contribution is 0.0599. The second-order valence-corrected chi connectivity index (χ2v) is 10.0. The summed E-state index contributed by atoms with van der Waals surface area (Å²) < 4.78 is 28.6. The highest BCUT2D eigenvalue weighted by Crippen LogP contribution is 2.49. The van der Waals surface area contributed by atoms with Gasteiger partial charge in [0.25, 0.3) is 0 Å². The van der Waals surface area contributed by atoms with Gasteiger partial charge in [-0.05, 0) is 12.0 Å². The van der Waals surface area contributed by atoms with Crippen molar-refractivity contribution in [3.63, 3.8) is 0 Å². The van der Waals surface area contributed by atoms with Gasteiger partial charge in [-0.25, -0.2) is 12.7 Å². The fraction of sp³-hybridized carbons (Fsp3) is 0.579. The number of nitrogens with zero attached hydrogens (tertiary/aromatic N) is 5. The van der Waals surface area contributed by atoms with E-state index < -0.39 is 10.0 Å². The zero-order valence-corrected chi connectivity index (χ0v) is 16.8. The molecule has 0 amide bonds. The summed E-state index contributed by atoms with van der Waals surface area (Å²) in [6.45, 7) is 5.71. The lowest BCUT2D eigenvalue weighted by Crippen LogP contribution is -2.61. The van der Waals surface area contributed by atoms with Crippen LogP contribution in [0.25, 0.3) is 0 Å². The minimum Gasteiger partial charge on any atom is -0.320 e. The predicted molar refractivity (Wildman–Crippen MR) is 104 cm³/mol. The van der Waals surface area contributed by atoms with Crippen molar-refractivity contribution in [2.75, 3.05) is 31.9 Å². The first-order valence-electron chi connectivity index (χ1n) is 9.51. The van der Waals surface area contributed by atoms with E-state index in [1.807, 2.05) is 24.6 Å². The van der Waals surface area contributed by atoms with E-state index in [4.69, 9.17) is 0 Å². The standard InChI is InChI=1S/C19H27N5O2S/c1-3-9-27(25,26)24-13-19(14-24)12-23(10-16-7-5-4-6-8-16)11-17(19)18-21-20-15-22(18)2/h4-8,15,17H,3,9-14H2,1-2H3. The third-order valence-electron chi connectivity index (χ3n) is 5.86. The highest BCUT2D eigenvalue weighted by atomic mass is 32.2. The number of hydrogen-bond donors (Lipinski definition) is 0. The first-order chi connectivity index (χ1) is 12.9. The van der Waals surface area contributed by atoms with Crippen LogP contribution in [-0.4, -0.2) is 64.3 Å². The molecule has 2 aliphatic rings. The SMILES string of the molecule is CCCS(=O)(=O)N1CC2(CN(Cc3ccccc3)CC2c2nncn2C)C1. The molecule has 0 bridgehead atoms. The molecule has 1 atom stereocenters. The van der Waals surface area contributed by atoms with Gasteiger partial charge in [0, 0.05) is 51.1 Å². The lowest BCUT2D eigenvalue weighted by atomic mass is 9.72. The molecule has 2 saturated heterocycles. The summed E-state index contributed by atoms with van der Waals surface area (Å²) in [4.78, 5) is 2.43. The van der Waals surface area contributed by atoms with Gasteiger partial charge in [-0.1, -0.05) is 37.3 Å². The molecule has 8 heteroatoms. The van der Waals surface area contributed by atoms with E-state index in [9.17, 15) is 8.42 Å². The number of hydrogen-bond acceptors (Lipinski definition) is 5. The molecule has 1 aromatic heterocycles. The number of aryl methyl sites for hydroxylation is 1. The van der Waals surface area contributed by atoms with E-state index in [0.717, 1.165) is 25.5 Å². The van der Waals surface area contributed by atoms with Crippen LogP contribution in [0.4, 0.5) is 0 Å².